The molecule has 2 aliphatic heterocycles. The topological polar surface area (TPSA) is 48.5 Å². The first-order valence-corrected chi connectivity index (χ1v) is 14.4. The van der Waals surface area contributed by atoms with Gasteiger partial charge in [0, 0.05) is 37.6 Å². The Balaban J connectivity index is 0.953. The molecule has 36 heavy (non-hydrogen) atoms. The molecule has 1 aliphatic carbocycles. The Hall–Kier alpha value is -2.24. The molecule has 3 fully saturated rings. The second kappa shape index (κ2) is 12.8. The molecule has 2 aromatic rings. The molecular weight excluding hydrogens is 444 g/mol. The molecule has 1 N–H and O–H groups in total. The van der Waals surface area contributed by atoms with Gasteiger partial charge in [-0.2, -0.15) is 0 Å². The van der Waals surface area contributed by atoms with Crippen molar-refractivity contribution in [1.29, 1.82) is 0 Å². The lowest BCUT2D eigenvalue weighted by molar-refractivity contribution is 0.0951. The first-order chi connectivity index (χ1) is 17.7. The van der Waals surface area contributed by atoms with Gasteiger partial charge in [-0.1, -0.05) is 31.4 Å². The van der Waals surface area contributed by atoms with Crippen LogP contribution in [-0.4, -0.2) is 53.4 Å². The third-order valence-electron chi connectivity index (χ3n) is 8.64. The number of aromatic nitrogens is 1. The number of nitrogens with zero attached hydrogens (tertiary/aromatic N) is 3. The van der Waals surface area contributed by atoms with E-state index in [2.05, 4.69) is 44.4 Å². The maximum absolute atomic E-state index is 12.4. The number of likely N-dealkylation sites (tertiary alicyclic amines) is 2. The summed E-state index contributed by atoms with van der Waals surface area (Å²) in [6, 6.07) is 12.5. The van der Waals surface area contributed by atoms with Crippen LogP contribution in [0.3, 0.4) is 0 Å². The van der Waals surface area contributed by atoms with E-state index < -0.39 is 0 Å². The van der Waals surface area contributed by atoms with Gasteiger partial charge in [-0.3, -0.25) is 19.6 Å². The van der Waals surface area contributed by atoms with E-state index in [9.17, 15) is 4.79 Å². The fourth-order valence-electron chi connectivity index (χ4n) is 6.04. The number of carbonyl (C=O) groups excluding carboxylic acids is 1. The normalized spacial score (nSPS) is 20.4. The number of hydrogen-bond acceptors (Lipinski definition) is 4. The average Bonchev–Trinajstić information content (AvgIpc) is 3.75. The summed E-state index contributed by atoms with van der Waals surface area (Å²) >= 11 is 0. The fraction of sp³-hybridized carbons (Fsp3) is 0.613. The molecule has 0 bridgehead atoms. The number of hydrogen-bond donors (Lipinski definition) is 1. The lowest BCUT2D eigenvalue weighted by Gasteiger charge is -2.33. The van der Waals surface area contributed by atoms with Crippen LogP contribution in [-0.2, 0) is 13.1 Å². The Morgan fingerprint density at radius 2 is 1.39 bits per heavy atom. The van der Waals surface area contributed by atoms with Crippen molar-refractivity contribution in [2.75, 3.05) is 32.7 Å². The number of carbonyl (C=O) groups is 1. The minimum atomic E-state index is 0.0851. The molecular formula is C31H44N4O. The summed E-state index contributed by atoms with van der Waals surface area (Å²) in [5.41, 5.74) is 3.46. The van der Waals surface area contributed by atoms with Crippen LogP contribution < -0.4 is 5.32 Å². The lowest BCUT2D eigenvalue weighted by atomic mass is 9.86. The number of rotatable bonds is 11. The SMILES string of the molecule is O=C(NCC1CC1)c1cccc(CN2CCC(CCCC3CCN(Cc4ccncc4)CC3)CC2)c1. The number of amides is 1. The molecule has 1 aromatic carbocycles. The van der Waals surface area contributed by atoms with Crippen LogP contribution in [0.5, 0.6) is 0 Å². The van der Waals surface area contributed by atoms with Crippen molar-refractivity contribution in [2.24, 2.45) is 17.8 Å². The second-order valence-electron chi connectivity index (χ2n) is 11.6. The largest absolute Gasteiger partial charge is 0.352 e. The number of benzene rings is 1. The van der Waals surface area contributed by atoms with Crippen molar-refractivity contribution in [1.82, 2.24) is 20.1 Å². The van der Waals surface area contributed by atoms with E-state index in [0.29, 0.717) is 0 Å². The molecule has 1 amide bonds. The number of nitrogens with one attached hydrogen (secondary N) is 1. The highest BCUT2D eigenvalue weighted by Gasteiger charge is 2.23. The van der Waals surface area contributed by atoms with Crippen LogP contribution in [0, 0.1) is 17.8 Å². The third kappa shape index (κ3) is 7.88. The zero-order chi connectivity index (χ0) is 24.6. The van der Waals surface area contributed by atoms with E-state index in [0.717, 1.165) is 43.0 Å². The summed E-state index contributed by atoms with van der Waals surface area (Å²) in [5, 5.41) is 3.10. The third-order valence-corrected chi connectivity index (χ3v) is 8.64. The average molecular weight is 489 g/mol. The molecule has 0 atom stereocenters. The standard InChI is InChI=1S/C31H44N4O/c36-31(33-22-27-7-8-27)30-6-2-5-29(21-30)24-35-19-13-26(14-20-35)4-1-3-25-11-17-34(18-12-25)23-28-9-15-32-16-10-28/h2,5-6,9-10,15-16,21,25-27H,1,3-4,7-8,11-14,17-20,22-24H2,(H,33,36). The molecule has 0 unspecified atom stereocenters. The molecule has 3 aliphatic rings. The first kappa shape index (κ1) is 25.4. The van der Waals surface area contributed by atoms with Gasteiger partial charge in [-0.15, -0.1) is 0 Å². The van der Waals surface area contributed by atoms with Crippen molar-refractivity contribution in [3.63, 3.8) is 0 Å². The molecule has 0 spiro atoms. The van der Waals surface area contributed by atoms with E-state index in [4.69, 9.17) is 0 Å². The molecule has 1 saturated carbocycles. The quantitative estimate of drug-likeness (QED) is 0.453. The Bertz CT molecular complexity index is 944. The van der Waals surface area contributed by atoms with Crippen LogP contribution in [0.1, 0.15) is 79.3 Å². The first-order valence-electron chi connectivity index (χ1n) is 14.4. The summed E-state index contributed by atoms with van der Waals surface area (Å²) in [5.74, 6) is 2.62. The predicted molar refractivity (Wildman–Crippen MR) is 146 cm³/mol. The van der Waals surface area contributed by atoms with E-state index in [1.54, 1.807) is 0 Å². The Morgan fingerprint density at radius 1 is 0.778 bits per heavy atom. The van der Waals surface area contributed by atoms with E-state index >= 15 is 0 Å². The molecule has 3 heterocycles. The van der Waals surface area contributed by atoms with Gasteiger partial charge < -0.3 is 5.32 Å². The summed E-state index contributed by atoms with van der Waals surface area (Å²) in [4.78, 5) is 21.8. The number of pyridine rings is 1. The highest BCUT2D eigenvalue weighted by molar-refractivity contribution is 5.94. The van der Waals surface area contributed by atoms with E-state index in [1.807, 2.05) is 24.5 Å². The van der Waals surface area contributed by atoms with Gasteiger partial charge in [0.15, 0.2) is 0 Å². The van der Waals surface area contributed by atoms with Crippen LogP contribution in [0.4, 0.5) is 0 Å². The van der Waals surface area contributed by atoms with Crippen molar-refractivity contribution in [3.8, 4) is 0 Å². The summed E-state index contributed by atoms with van der Waals surface area (Å²) < 4.78 is 0. The van der Waals surface area contributed by atoms with Gasteiger partial charge in [0.2, 0.25) is 0 Å². The molecule has 194 valence electrons. The van der Waals surface area contributed by atoms with Crippen LogP contribution in [0.15, 0.2) is 48.8 Å². The molecule has 1 aromatic heterocycles. The van der Waals surface area contributed by atoms with Gasteiger partial charge >= 0.3 is 0 Å². The molecule has 5 heteroatoms. The lowest BCUT2D eigenvalue weighted by Crippen LogP contribution is -2.34. The Labute approximate surface area is 217 Å². The van der Waals surface area contributed by atoms with Crippen molar-refractivity contribution in [3.05, 3.63) is 65.5 Å². The highest BCUT2D eigenvalue weighted by Crippen LogP contribution is 2.29. The highest BCUT2D eigenvalue weighted by atomic mass is 16.1. The molecule has 2 saturated heterocycles. The predicted octanol–water partition coefficient (Wildman–Crippen LogP) is 5.52. The monoisotopic (exact) mass is 488 g/mol. The van der Waals surface area contributed by atoms with Crippen molar-refractivity contribution < 1.29 is 4.79 Å². The Morgan fingerprint density at radius 3 is 2.00 bits per heavy atom. The molecule has 5 nitrogen and oxygen atoms in total. The van der Waals surface area contributed by atoms with Gasteiger partial charge in [-0.25, -0.2) is 0 Å². The zero-order valence-electron chi connectivity index (χ0n) is 21.9. The van der Waals surface area contributed by atoms with Crippen LogP contribution in [0.25, 0.3) is 0 Å². The minimum Gasteiger partial charge on any atom is -0.352 e. The van der Waals surface area contributed by atoms with Crippen LogP contribution >= 0.6 is 0 Å². The Kier molecular flexibility index (Phi) is 9.05. The molecule has 0 radical (unpaired) electrons. The van der Waals surface area contributed by atoms with Crippen molar-refractivity contribution >= 4 is 5.91 Å². The van der Waals surface area contributed by atoms with Crippen molar-refractivity contribution in [2.45, 2.75) is 70.9 Å². The minimum absolute atomic E-state index is 0.0851. The van der Waals surface area contributed by atoms with E-state index in [-0.39, 0.29) is 5.91 Å². The fourth-order valence-corrected chi connectivity index (χ4v) is 6.04. The second-order valence-corrected chi connectivity index (χ2v) is 11.6. The van der Waals surface area contributed by atoms with Crippen LogP contribution in [0.2, 0.25) is 0 Å². The van der Waals surface area contributed by atoms with Gasteiger partial charge in [0.1, 0.15) is 0 Å². The number of piperidine rings is 2. The van der Waals surface area contributed by atoms with E-state index in [1.165, 1.54) is 95.1 Å². The summed E-state index contributed by atoms with van der Waals surface area (Å²) in [6.45, 7) is 7.75. The smallest absolute Gasteiger partial charge is 0.251 e. The van der Waals surface area contributed by atoms with Gasteiger partial charge in [0.25, 0.3) is 5.91 Å². The zero-order valence-corrected chi connectivity index (χ0v) is 21.9. The summed E-state index contributed by atoms with van der Waals surface area (Å²) in [7, 11) is 0. The van der Waals surface area contributed by atoms with Gasteiger partial charge in [-0.05, 0) is 118 Å². The maximum atomic E-state index is 12.4. The summed E-state index contributed by atoms with van der Waals surface area (Å²) in [6.07, 6.45) is 15.9. The van der Waals surface area contributed by atoms with Gasteiger partial charge in [0.05, 0.1) is 0 Å². The maximum Gasteiger partial charge on any atom is 0.251 e. The molecule has 5 rings (SSSR count).